The number of carbonyl (C=O) groups excluding carboxylic acids is 1. The molecule has 2 aromatic rings. The van der Waals surface area contributed by atoms with Gasteiger partial charge in [0.25, 0.3) is 0 Å². The molecule has 0 heterocycles. The predicted octanol–water partition coefficient (Wildman–Crippen LogP) is 4.17. The van der Waals surface area contributed by atoms with Gasteiger partial charge in [0.2, 0.25) is 0 Å². The van der Waals surface area contributed by atoms with Crippen LogP contribution in [-0.2, 0) is 6.18 Å². The number of alkyl halides is 3. The highest BCUT2D eigenvalue weighted by Gasteiger charge is 2.35. The van der Waals surface area contributed by atoms with Crippen LogP contribution in [0.25, 0.3) is 0 Å². The van der Waals surface area contributed by atoms with E-state index >= 15 is 0 Å². The third-order valence-corrected chi connectivity index (χ3v) is 2.88. The van der Waals surface area contributed by atoms with Crippen LogP contribution < -0.4 is 5.73 Å². The minimum Gasteiger partial charge on any atom is -0.399 e. The zero-order valence-corrected chi connectivity index (χ0v) is 10.8. The smallest absolute Gasteiger partial charge is 0.399 e. The van der Waals surface area contributed by atoms with Crippen LogP contribution in [0.2, 0.25) is 5.02 Å². The summed E-state index contributed by atoms with van der Waals surface area (Å²) in [6, 6.07) is 8.58. The van der Waals surface area contributed by atoms with Crippen molar-refractivity contribution in [2.75, 3.05) is 5.73 Å². The quantitative estimate of drug-likeness (QED) is 0.668. The molecule has 0 fully saturated rings. The number of nitrogen functional groups attached to an aromatic ring is 1. The predicted molar refractivity (Wildman–Crippen MR) is 70.7 cm³/mol. The van der Waals surface area contributed by atoms with Gasteiger partial charge in [-0.2, -0.15) is 13.2 Å². The molecule has 0 aliphatic rings. The molecule has 0 spiro atoms. The van der Waals surface area contributed by atoms with Crippen molar-refractivity contribution >= 4 is 23.1 Å². The zero-order valence-electron chi connectivity index (χ0n) is 10.0. The lowest BCUT2D eigenvalue weighted by Crippen LogP contribution is -2.13. The summed E-state index contributed by atoms with van der Waals surface area (Å²) in [7, 11) is 0. The monoisotopic (exact) mass is 299 g/mol. The molecule has 0 saturated heterocycles. The third-order valence-electron chi connectivity index (χ3n) is 2.66. The third kappa shape index (κ3) is 2.93. The molecule has 2 rings (SSSR count). The second kappa shape index (κ2) is 5.17. The molecular formula is C14H9ClF3NO. The van der Waals surface area contributed by atoms with E-state index in [0.29, 0.717) is 0 Å². The maximum Gasteiger partial charge on any atom is 0.417 e. The van der Waals surface area contributed by atoms with Crippen molar-refractivity contribution < 1.29 is 18.0 Å². The summed E-state index contributed by atoms with van der Waals surface area (Å²) in [6.07, 6.45) is -4.60. The largest absolute Gasteiger partial charge is 0.417 e. The fourth-order valence-electron chi connectivity index (χ4n) is 1.83. The lowest BCUT2D eigenvalue weighted by molar-refractivity contribution is -0.137. The fraction of sp³-hybridized carbons (Fsp3) is 0.0714. The lowest BCUT2D eigenvalue weighted by atomic mass is 9.98. The van der Waals surface area contributed by atoms with Crippen LogP contribution in [0.4, 0.5) is 18.9 Å². The van der Waals surface area contributed by atoms with E-state index in [9.17, 15) is 18.0 Å². The van der Waals surface area contributed by atoms with Gasteiger partial charge in [-0.1, -0.05) is 29.8 Å². The first kappa shape index (κ1) is 14.4. The summed E-state index contributed by atoms with van der Waals surface area (Å²) in [5.41, 5.74) is 4.36. The summed E-state index contributed by atoms with van der Waals surface area (Å²) >= 11 is 5.76. The van der Waals surface area contributed by atoms with E-state index in [2.05, 4.69) is 0 Å². The molecule has 0 bridgehead atoms. The first-order valence-corrected chi connectivity index (χ1v) is 5.94. The molecule has 0 aromatic heterocycles. The Kier molecular flexibility index (Phi) is 3.72. The minimum atomic E-state index is -4.60. The van der Waals surface area contributed by atoms with Gasteiger partial charge in [0.1, 0.15) is 0 Å². The van der Waals surface area contributed by atoms with Gasteiger partial charge in [0.05, 0.1) is 5.56 Å². The highest BCUT2D eigenvalue weighted by atomic mass is 35.5. The minimum absolute atomic E-state index is 0.0201. The average Bonchev–Trinajstić information content (AvgIpc) is 2.35. The Hall–Kier alpha value is -2.01. The van der Waals surface area contributed by atoms with E-state index in [1.165, 1.54) is 30.3 Å². The molecule has 6 heteroatoms. The number of hydrogen-bond donors (Lipinski definition) is 1. The molecule has 104 valence electrons. The lowest BCUT2D eigenvalue weighted by Gasteiger charge is -2.12. The van der Waals surface area contributed by atoms with E-state index in [1.54, 1.807) is 0 Å². The molecule has 2 aromatic carbocycles. The van der Waals surface area contributed by atoms with Crippen LogP contribution in [0.15, 0.2) is 42.5 Å². The normalized spacial score (nSPS) is 11.4. The van der Waals surface area contributed by atoms with Crippen LogP contribution in [-0.4, -0.2) is 5.78 Å². The molecular weight excluding hydrogens is 291 g/mol. The number of nitrogens with two attached hydrogens (primary N) is 1. The molecule has 0 saturated carbocycles. The van der Waals surface area contributed by atoms with Crippen molar-refractivity contribution in [1.29, 1.82) is 0 Å². The van der Waals surface area contributed by atoms with Gasteiger partial charge in [0.15, 0.2) is 5.78 Å². The summed E-state index contributed by atoms with van der Waals surface area (Å²) in [5.74, 6) is -0.771. The number of anilines is 1. The average molecular weight is 300 g/mol. The van der Waals surface area contributed by atoms with Crippen molar-refractivity contribution in [3.8, 4) is 0 Å². The number of hydrogen-bond acceptors (Lipinski definition) is 2. The number of benzene rings is 2. The van der Waals surface area contributed by atoms with Crippen LogP contribution in [0.5, 0.6) is 0 Å². The molecule has 0 unspecified atom stereocenters. The molecule has 0 amide bonds. The van der Waals surface area contributed by atoms with Crippen LogP contribution in [0.3, 0.4) is 0 Å². The summed E-state index contributed by atoms with van der Waals surface area (Å²) < 4.78 is 38.6. The molecule has 20 heavy (non-hydrogen) atoms. The summed E-state index contributed by atoms with van der Waals surface area (Å²) in [5, 5.41) is 0.192. The van der Waals surface area contributed by atoms with Crippen molar-refractivity contribution in [2.24, 2.45) is 0 Å². The second-order valence-electron chi connectivity index (χ2n) is 4.15. The van der Waals surface area contributed by atoms with Crippen LogP contribution in [0.1, 0.15) is 21.5 Å². The standard InChI is InChI=1S/C14H9ClF3NO/c15-9-5-8(6-10(19)7-9)13(20)11-3-1-2-4-12(11)14(16,17)18/h1-7H,19H2. The number of carbonyl (C=O) groups is 1. The SMILES string of the molecule is Nc1cc(Cl)cc(C(=O)c2ccccc2C(F)(F)F)c1. The Morgan fingerprint density at radius 2 is 1.75 bits per heavy atom. The molecule has 0 radical (unpaired) electrons. The molecule has 2 nitrogen and oxygen atoms in total. The molecule has 2 N–H and O–H groups in total. The van der Waals surface area contributed by atoms with E-state index in [0.717, 1.165) is 12.1 Å². The Morgan fingerprint density at radius 1 is 1.10 bits per heavy atom. The van der Waals surface area contributed by atoms with E-state index < -0.39 is 23.1 Å². The Bertz CT molecular complexity index is 647. The Morgan fingerprint density at radius 3 is 2.35 bits per heavy atom. The second-order valence-corrected chi connectivity index (χ2v) is 4.58. The number of ketones is 1. The van der Waals surface area contributed by atoms with Crippen LogP contribution >= 0.6 is 11.6 Å². The first-order chi connectivity index (χ1) is 9.29. The van der Waals surface area contributed by atoms with Crippen molar-refractivity contribution in [3.05, 3.63) is 64.2 Å². The Balaban J connectivity index is 2.54. The van der Waals surface area contributed by atoms with Gasteiger partial charge in [-0.15, -0.1) is 0 Å². The highest BCUT2D eigenvalue weighted by Crippen LogP contribution is 2.33. The topological polar surface area (TPSA) is 43.1 Å². The van der Waals surface area contributed by atoms with Gasteiger partial charge in [-0.25, -0.2) is 0 Å². The highest BCUT2D eigenvalue weighted by molar-refractivity contribution is 6.31. The first-order valence-electron chi connectivity index (χ1n) is 5.56. The maximum atomic E-state index is 12.9. The van der Waals surface area contributed by atoms with Gasteiger partial charge < -0.3 is 5.73 Å². The zero-order chi connectivity index (χ0) is 14.9. The number of rotatable bonds is 2. The van der Waals surface area contributed by atoms with E-state index in [-0.39, 0.29) is 16.3 Å². The van der Waals surface area contributed by atoms with Crippen LogP contribution in [0, 0.1) is 0 Å². The maximum absolute atomic E-state index is 12.9. The van der Waals surface area contributed by atoms with Gasteiger partial charge in [0, 0.05) is 21.8 Å². The Labute approximate surface area is 118 Å². The summed E-state index contributed by atoms with van der Waals surface area (Å²) in [4.78, 5) is 12.2. The van der Waals surface area contributed by atoms with Gasteiger partial charge in [-0.3, -0.25) is 4.79 Å². The van der Waals surface area contributed by atoms with Crippen molar-refractivity contribution in [1.82, 2.24) is 0 Å². The van der Waals surface area contributed by atoms with Gasteiger partial charge in [-0.05, 0) is 24.3 Å². The fourth-order valence-corrected chi connectivity index (χ4v) is 2.07. The molecule has 0 atom stereocenters. The van der Waals surface area contributed by atoms with E-state index in [4.69, 9.17) is 17.3 Å². The van der Waals surface area contributed by atoms with Crippen molar-refractivity contribution in [3.63, 3.8) is 0 Å². The molecule has 0 aliphatic carbocycles. The van der Waals surface area contributed by atoms with Crippen molar-refractivity contribution in [2.45, 2.75) is 6.18 Å². The number of halogens is 4. The molecule has 0 aliphatic heterocycles. The van der Waals surface area contributed by atoms with Gasteiger partial charge >= 0.3 is 6.18 Å². The summed E-state index contributed by atoms with van der Waals surface area (Å²) in [6.45, 7) is 0. The van der Waals surface area contributed by atoms with E-state index in [1.807, 2.05) is 0 Å².